The summed E-state index contributed by atoms with van der Waals surface area (Å²) in [5.41, 5.74) is 15.2. The highest BCUT2D eigenvalue weighted by Gasteiger charge is 2.32. The van der Waals surface area contributed by atoms with Crippen LogP contribution in [-0.2, 0) is 6.42 Å². The van der Waals surface area contributed by atoms with E-state index in [0.29, 0.717) is 0 Å². The van der Waals surface area contributed by atoms with Crippen molar-refractivity contribution in [2.75, 3.05) is 0 Å². The Bertz CT molecular complexity index is 4120. The molecule has 4 atom stereocenters. The molecule has 0 N–H and O–H groups in total. The molecule has 12 aromatic rings. The summed E-state index contributed by atoms with van der Waals surface area (Å²) in [6.45, 7) is 11.6. The third-order valence-electron chi connectivity index (χ3n) is 15.9. The van der Waals surface area contributed by atoms with Gasteiger partial charge < -0.3 is 0 Å². The van der Waals surface area contributed by atoms with Crippen LogP contribution in [0.1, 0.15) is 78.5 Å². The fourth-order valence-corrected chi connectivity index (χ4v) is 13.4. The molecule has 1 nitrogen and oxygen atoms in total. The minimum Gasteiger partial charge on any atom is -0.276 e. The molecule has 2 heteroatoms. The quantitative estimate of drug-likeness (QED) is 0.0957. The Kier molecular flexibility index (Phi) is 11.0. The average Bonchev–Trinajstić information content (AvgIpc) is 3.79. The van der Waals surface area contributed by atoms with Crippen molar-refractivity contribution >= 4 is 80.3 Å². The Morgan fingerprint density at radius 3 is 1.76 bits per heavy atom. The molecule has 1 aliphatic carbocycles. The molecule has 0 amide bonds. The maximum Gasteiger partial charge on any atom is 0.0957 e. The summed E-state index contributed by atoms with van der Waals surface area (Å²) >= 11 is 1.97. The van der Waals surface area contributed by atoms with Crippen LogP contribution in [0.5, 0.6) is 0 Å². The molecule has 72 heavy (non-hydrogen) atoms. The fraction of sp³-hybridized carbons (Fsp3) is 0.129. The second kappa shape index (κ2) is 18.0. The van der Waals surface area contributed by atoms with Gasteiger partial charge in [-0.05, 0) is 167 Å². The molecule has 4 unspecified atom stereocenters. The molecule has 0 radical (unpaired) electrons. The van der Waals surface area contributed by atoms with Gasteiger partial charge in [-0.1, -0.05) is 202 Å². The van der Waals surface area contributed by atoms with Gasteiger partial charge in [-0.2, -0.15) is 0 Å². The molecule has 0 saturated carbocycles. The molecule has 1 heterocycles. The summed E-state index contributed by atoms with van der Waals surface area (Å²) in [7, 11) is 0. The van der Waals surface area contributed by atoms with Crippen molar-refractivity contribution in [2.45, 2.75) is 51.5 Å². The first-order valence-electron chi connectivity index (χ1n) is 25.7. The molecule has 1 aliphatic rings. The van der Waals surface area contributed by atoms with Crippen molar-refractivity contribution < 1.29 is 0 Å². The lowest BCUT2D eigenvalue weighted by Gasteiger charge is -2.31. The number of rotatable bonds is 10. The second-order valence-corrected chi connectivity index (χ2v) is 21.4. The first-order chi connectivity index (χ1) is 35.3. The molecular formula is C70H55NS. The highest BCUT2D eigenvalue weighted by atomic mass is 32.1. The van der Waals surface area contributed by atoms with Gasteiger partial charge in [0.25, 0.3) is 0 Å². The van der Waals surface area contributed by atoms with Crippen LogP contribution in [0, 0.1) is 5.92 Å². The number of aliphatic imine (C=N–C) groups is 1. The van der Waals surface area contributed by atoms with E-state index in [1.165, 1.54) is 113 Å². The van der Waals surface area contributed by atoms with Crippen LogP contribution >= 0.6 is 11.3 Å². The highest BCUT2D eigenvalue weighted by Crippen LogP contribution is 2.51. The molecule has 11 aromatic carbocycles. The van der Waals surface area contributed by atoms with Crippen molar-refractivity contribution in [3.63, 3.8) is 0 Å². The minimum absolute atomic E-state index is 0.0994. The van der Waals surface area contributed by atoms with E-state index >= 15 is 0 Å². The Morgan fingerprint density at radius 2 is 1.10 bits per heavy atom. The van der Waals surface area contributed by atoms with Crippen molar-refractivity contribution in [2.24, 2.45) is 10.9 Å². The topological polar surface area (TPSA) is 12.4 Å². The maximum atomic E-state index is 5.92. The van der Waals surface area contributed by atoms with E-state index < -0.39 is 0 Å². The first-order valence-corrected chi connectivity index (χ1v) is 26.5. The van der Waals surface area contributed by atoms with Crippen molar-refractivity contribution in [3.8, 4) is 22.3 Å². The lowest BCUT2D eigenvalue weighted by Crippen LogP contribution is -2.23. The number of hydrogen-bond acceptors (Lipinski definition) is 2. The number of nitrogens with zero attached hydrogens (tertiary/aromatic N) is 1. The lowest BCUT2D eigenvalue weighted by molar-refractivity contribution is 0.553. The van der Waals surface area contributed by atoms with Crippen LogP contribution in [0.15, 0.2) is 236 Å². The van der Waals surface area contributed by atoms with Crippen LogP contribution in [0.25, 0.3) is 85.5 Å². The van der Waals surface area contributed by atoms with Crippen LogP contribution in [0.3, 0.4) is 0 Å². The third kappa shape index (κ3) is 7.73. The van der Waals surface area contributed by atoms with Gasteiger partial charge in [0.05, 0.1) is 6.04 Å². The number of fused-ring (bicyclic) bond motifs is 10. The standard InChI is InChI=1S/C70H55NS/c1-5-59(69(56-32-29-46-19-9-10-20-49(46)33-56)71-68(43(2)3)48-30-27-47(28-31-48)45-17-7-6-8-18-45)44(4)57-39-65(70-66(40-57)64-38-54-25-15-16-26-55(54)42-67(64)72-70)63-41-58-34-50-21-11-12-22-51(50)35-60(58)61-36-52-23-13-14-24-53(52)37-62(61)63/h6-40,42,44,59,63,68H,2,5,41H2,1,3-4H3. The third-order valence-corrected chi connectivity index (χ3v) is 17.1. The Balaban J connectivity index is 1.02. The molecule has 346 valence electrons. The SMILES string of the molecule is C=C(C)C(N=C(c1ccc2ccccc2c1)C(CC)C(C)c1cc(C2Cc3cc4ccccc4cc3-c3cc4ccccc4cc32)c2sc3cc4ccccc4cc3c2c1)c1ccc(-c2ccccc2)cc1. The van der Waals surface area contributed by atoms with Gasteiger partial charge in [-0.15, -0.1) is 11.3 Å². The average molecular weight is 942 g/mol. The second-order valence-electron chi connectivity index (χ2n) is 20.3. The van der Waals surface area contributed by atoms with Crippen LogP contribution < -0.4 is 0 Å². The zero-order valence-corrected chi connectivity index (χ0v) is 41.9. The number of hydrogen-bond donors (Lipinski definition) is 0. The van der Waals surface area contributed by atoms with Gasteiger partial charge in [-0.25, -0.2) is 0 Å². The zero-order chi connectivity index (χ0) is 48.5. The predicted octanol–water partition coefficient (Wildman–Crippen LogP) is 19.6. The number of thiophene rings is 1. The van der Waals surface area contributed by atoms with E-state index in [0.717, 1.165) is 29.7 Å². The van der Waals surface area contributed by atoms with E-state index in [4.69, 9.17) is 4.99 Å². The van der Waals surface area contributed by atoms with E-state index in [9.17, 15) is 0 Å². The first kappa shape index (κ1) is 44.1. The Morgan fingerprint density at radius 1 is 0.528 bits per heavy atom. The lowest BCUT2D eigenvalue weighted by atomic mass is 9.73. The van der Waals surface area contributed by atoms with E-state index in [-0.39, 0.29) is 23.8 Å². The smallest absolute Gasteiger partial charge is 0.0957 e. The molecular weight excluding hydrogens is 887 g/mol. The van der Waals surface area contributed by atoms with Crippen molar-refractivity contribution in [1.29, 1.82) is 0 Å². The zero-order valence-electron chi connectivity index (χ0n) is 41.1. The molecule has 0 bridgehead atoms. The summed E-state index contributed by atoms with van der Waals surface area (Å²) in [5.74, 6) is 0.374. The minimum atomic E-state index is -0.214. The fourth-order valence-electron chi connectivity index (χ4n) is 12.1. The summed E-state index contributed by atoms with van der Waals surface area (Å²) in [4.78, 5) is 5.92. The Hall–Kier alpha value is -7.91. The van der Waals surface area contributed by atoms with Gasteiger partial charge in [0.2, 0.25) is 0 Å². The Labute approximate surface area is 426 Å². The van der Waals surface area contributed by atoms with Crippen LogP contribution in [0.2, 0.25) is 0 Å². The van der Waals surface area contributed by atoms with Crippen molar-refractivity contribution in [3.05, 3.63) is 264 Å². The predicted molar refractivity (Wildman–Crippen MR) is 311 cm³/mol. The molecule has 13 rings (SSSR count). The van der Waals surface area contributed by atoms with Gasteiger partial charge in [0, 0.05) is 37.7 Å². The van der Waals surface area contributed by atoms with Gasteiger partial charge in [0.1, 0.15) is 0 Å². The molecule has 1 aromatic heterocycles. The molecule has 0 spiro atoms. The van der Waals surface area contributed by atoms with Gasteiger partial charge in [0.15, 0.2) is 0 Å². The van der Waals surface area contributed by atoms with Crippen LogP contribution in [0.4, 0.5) is 0 Å². The summed E-state index contributed by atoms with van der Waals surface area (Å²) in [6, 6.07) is 81.7. The monoisotopic (exact) mass is 941 g/mol. The summed E-state index contributed by atoms with van der Waals surface area (Å²) < 4.78 is 2.73. The van der Waals surface area contributed by atoms with Gasteiger partial charge in [-0.3, -0.25) is 4.99 Å². The van der Waals surface area contributed by atoms with Gasteiger partial charge >= 0.3 is 0 Å². The molecule has 0 fully saturated rings. The number of benzene rings is 11. The highest BCUT2D eigenvalue weighted by molar-refractivity contribution is 7.26. The normalized spacial score (nSPS) is 15.0. The molecule has 0 saturated heterocycles. The largest absolute Gasteiger partial charge is 0.276 e. The van der Waals surface area contributed by atoms with E-state index in [1.54, 1.807) is 0 Å². The summed E-state index contributed by atoms with van der Waals surface area (Å²) in [5, 5.41) is 12.9. The maximum absolute atomic E-state index is 5.92. The van der Waals surface area contributed by atoms with Crippen molar-refractivity contribution in [1.82, 2.24) is 0 Å². The van der Waals surface area contributed by atoms with E-state index in [1.807, 2.05) is 11.3 Å². The van der Waals surface area contributed by atoms with E-state index in [2.05, 4.69) is 246 Å². The summed E-state index contributed by atoms with van der Waals surface area (Å²) in [6.07, 6.45) is 1.85. The van der Waals surface area contributed by atoms with Crippen LogP contribution in [-0.4, -0.2) is 5.71 Å². The molecule has 0 aliphatic heterocycles.